The first kappa shape index (κ1) is 18.8. The number of imide groups is 1. The van der Waals surface area contributed by atoms with Crippen molar-refractivity contribution >= 4 is 17.5 Å². The van der Waals surface area contributed by atoms with Crippen molar-refractivity contribution in [1.82, 2.24) is 4.98 Å². The first-order valence-electron chi connectivity index (χ1n) is 8.56. The van der Waals surface area contributed by atoms with Gasteiger partial charge in [-0.15, -0.1) is 0 Å². The summed E-state index contributed by atoms with van der Waals surface area (Å²) < 4.78 is 51.3. The second-order valence-electron chi connectivity index (χ2n) is 7.69. The van der Waals surface area contributed by atoms with Crippen LogP contribution in [0.3, 0.4) is 0 Å². The molecular weight excluding hydrogens is 379 g/mol. The van der Waals surface area contributed by atoms with Gasteiger partial charge < -0.3 is 9.47 Å². The van der Waals surface area contributed by atoms with E-state index < -0.39 is 58.4 Å². The van der Waals surface area contributed by atoms with Crippen molar-refractivity contribution in [3.8, 4) is 6.07 Å². The first-order valence-corrected chi connectivity index (χ1v) is 8.56. The molecule has 1 aromatic rings. The van der Waals surface area contributed by atoms with E-state index in [0.717, 1.165) is 11.1 Å². The molecule has 0 N–H and O–H groups in total. The number of carbonyl (C=O) groups is 2. The fourth-order valence-corrected chi connectivity index (χ4v) is 4.95. The number of halogens is 3. The molecule has 2 amide bonds. The maximum absolute atomic E-state index is 13.3. The van der Waals surface area contributed by atoms with E-state index in [-0.39, 0.29) is 5.69 Å². The van der Waals surface area contributed by atoms with E-state index in [4.69, 9.17) is 14.7 Å². The number of aromatic nitrogens is 1. The molecule has 148 valence electrons. The van der Waals surface area contributed by atoms with Crippen LogP contribution in [0.25, 0.3) is 0 Å². The zero-order valence-electron chi connectivity index (χ0n) is 15.2. The molecule has 0 aromatic carbocycles. The van der Waals surface area contributed by atoms with Crippen molar-refractivity contribution in [1.29, 1.82) is 5.26 Å². The van der Waals surface area contributed by atoms with Crippen molar-refractivity contribution in [3.63, 3.8) is 0 Å². The third-order valence-electron chi connectivity index (χ3n) is 6.09. The van der Waals surface area contributed by atoms with Crippen LogP contribution in [0, 0.1) is 23.2 Å². The van der Waals surface area contributed by atoms with Crippen LogP contribution >= 0.6 is 0 Å². The summed E-state index contributed by atoms with van der Waals surface area (Å²) in [6.45, 7) is 3.39. The van der Waals surface area contributed by atoms with E-state index in [0.29, 0.717) is 12.5 Å². The van der Waals surface area contributed by atoms with E-state index in [1.807, 2.05) is 0 Å². The lowest BCUT2D eigenvalue weighted by Crippen LogP contribution is -2.49. The zero-order chi connectivity index (χ0) is 20.6. The Morgan fingerprint density at radius 1 is 1.32 bits per heavy atom. The van der Waals surface area contributed by atoms with Gasteiger partial charge in [0.05, 0.1) is 41.0 Å². The summed E-state index contributed by atoms with van der Waals surface area (Å²) in [5.74, 6) is -2.96. The molecule has 3 fully saturated rings. The Bertz CT molecular complexity index is 943. The fourth-order valence-electron chi connectivity index (χ4n) is 4.95. The quantitative estimate of drug-likeness (QED) is 0.712. The van der Waals surface area contributed by atoms with Gasteiger partial charge in [0.25, 0.3) is 0 Å². The Balaban J connectivity index is 1.80. The van der Waals surface area contributed by atoms with E-state index in [1.165, 1.54) is 13.2 Å². The lowest BCUT2D eigenvalue weighted by molar-refractivity contribution is -0.138. The predicted molar refractivity (Wildman–Crippen MR) is 86.7 cm³/mol. The third kappa shape index (κ3) is 2.20. The molecule has 4 rings (SSSR count). The van der Waals surface area contributed by atoms with Crippen LogP contribution in [0.15, 0.2) is 12.3 Å². The van der Waals surface area contributed by atoms with Gasteiger partial charge in [0.1, 0.15) is 11.7 Å². The van der Waals surface area contributed by atoms with Crippen LogP contribution < -0.4 is 4.90 Å². The topological polar surface area (TPSA) is 92.5 Å². The number of nitriles is 1. The maximum Gasteiger partial charge on any atom is 0.419 e. The minimum atomic E-state index is -4.85. The van der Waals surface area contributed by atoms with Gasteiger partial charge in [-0.1, -0.05) is 0 Å². The summed E-state index contributed by atoms with van der Waals surface area (Å²) >= 11 is 0. The van der Waals surface area contributed by atoms with Crippen LogP contribution in [0.1, 0.15) is 31.5 Å². The molecule has 7 nitrogen and oxygen atoms in total. The number of pyridine rings is 1. The molecule has 0 radical (unpaired) electrons. The lowest BCUT2D eigenvalue weighted by Gasteiger charge is -2.34. The number of methoxy groups -OCH3 is 1. The summed E-state index contributed by atoms with van der Waals surface area (Å²) in [5.41, 5.74) is -4.43. The minimum Gasteiger partial charge on any atom is -0.378 e. The van der Waals surface area contributed by atoms with Crippen molar-refractivity contribution < 1.29 is 32.2 Å². The average Bonchev–Trinajstić information content (AvgIpc) is 3.14. The Morgan fingerprint density at radius 3 is 2.54 bits per heavy atom. The average molecular weight is 395 g/mol. The number of anilines is 1. The van der Waals surface area contributed by atoms with Crippen LogP contribution in [0.5, 0.6) is 0 Å². The van der Waals surface area contributed by atoms with Crippen LogP contribution in [-0.2, 0) is 25.2 Å². The summed E-state index contributed by atoms with van der Waals surface area (Å²) in [6.07, 6.45) is -3.93. The van der Waals surface area contributed by atoms with Crippen molar-refractivity contribution in [2.45, 2.75) is 43.8 Å². The van der Waals surface area contributed by atoms with Gasteiger partial charge >= 0.3 is 6.18 Å². The van der Waals surface area contributed by atoms with Crippen molar-refractivity contribution in [3.05, 3.63) is 23.5 Å². The molecule has 3 saturated heterocycles. The number of ether oxygens (including phenoxy) is 2. The second-order valence-corrected chi connectivity index (χ2v) is 7.69. The number of rotatable bonds is 2. The molecule has 0 saturated carbocycles. The molecule has 3 aliphatic heterocycles. The van der Waals surface area contributed by atoms with Gasteiger partial charge in [-0.25, -0.2) is 9.88 Å². The highest BCUT2D eigenvalue weighted by Crippen LogP contribution is 2.61. The highest BCUT2D eigenvalue weighted by molar-refractivity contribution is 6.23. The van der Waals surface area contributed by atoms with Gasteiger partial charge in [-0.05, 0) is 19.9 Å². The van der Waals surface area contributed by atoms with Gasteiger partial charge in [0.15, 0.2) is 5.69 Å². The summed E-state index contributed by atoms with van der Waals surface area (Å²) in [4.78, 5) is 30.4. The first-order chi connectivity index (χ1) is 13.0. The molecule has 0 aliphatic carbocycles. The smallest absolute Gasteiger partial charge is 0.378 e. The van der Waals surface area contributed by atoms with Crippen LogP contribution in [-0.4, -0.2) is 41.2 Å². The summed E-state index contributed by atoms with van der Waals surface area (Å²) in [6, 6.07) is 1.99. The van der Waals surface area contributed by atoms with Gasteiger partial charge in [-0.3, -0.25) is 9.59 Å². The van der Waals surface area contributed by atoms with Gasteiger partial charge in [-0.2, -0.15) is 18.4 Å². The molecule has 0 unspecified atom stereocenters. The Kier molecular flexibility index (Phi) is 3.71. The van der Waals surface area contributed by atoms with Gasteiger partial charge in [0.2, 0.25) is 11.8 Å². The largest absolute Gasteiger partial charge is 0.419 e. The number of fused-ring (bicyclic) bond motifs is 5. The van der Waals surface area contributed by atoms with Crippen LogP contribution in [0.2, 0.25) is 0 Å². The SMILES string of the molecule is CO[C@H]1C[C@]2(C)O[C@@]1(C)[C@@H]1C(=O)N(c3cnc(C#N)c(C(F)(F)F)c3)C(=O)[C@@H]12. The lowest BCUT2D eigenvalue weighted by atomic mass is 9.67. The standard InChI is InChI=1S/C18H16F3N3O4/c1-16-5-11(27-3)17(2,28-16)13-12(16)14(25)24(15(13)26)8-4-9(18(19,20)21)10(6-22)23-7-8/h4,7,11-13H,5H2,1-3H3/t11-,12+,13-,16-,17+/m0/s1. The molecule has 10 heteroatoms. The molecule has 0 spiro atoms. The molecular formula is C18H16F3N3O4. The highest BCUT2D eigenvalue weighted by atomic mass is 19.4. The molecule has 2 bridgehead atoms. The van der Waals surface area contributed by atoms with Gasteiger partial charge in [0, 0.05) is 13.5 Å². The number of nitrogens with zero attached hydrogens (tertiary/aromatic N) is 3. The molecule has 4 heterocycles. The number of hydrogen-bond donors (Lipinski definition) is 0. The van der Waals surface area contributed by atoms with Crippen molar-refractivity contribution in [2.24, 2.45) is 11.8 Å². The van der Waals surface area contributed by atoms with E-state index >= 15 is 0 Å². The normalized spacial score (nSPS) is 36.8. The molecule has 28 heavy (non-hydrogen) atoms. The summed E-state index contributed by atoms with van der Waals surface area (Å²) in [5, 5.41) is 8.88. The third-order valence-corrected chi connectivity index (χ3v) is 6.09. The molecule has 3 aliphatic rings. The zero-order valence-corrected chi connectivity index (χ0v) is 15.2. The van der Waals surface area contributed by atoms with E-state index in [1.54, 1.807) is 13.8 Å². The molecule has 1 aromatic heterocycles. The van der Waals surface area contributed by atoms with Crippen molar-refractivity contribution in [2.75, 3.05) is 12.0 Å². The monoisotopic (exact) mass is 395 g/mol. The number of carbonyl (C=O) groups excluding carboxylic acids is 2. The minimum absolute atomic E-state index is 0.309. The highest BCUT2D eigenvalue weighted by Gasteiger charge is 2.76. The number of alkyl halides is 3. The number of hydrogen-bond acceptors (Lipinski definition) is 6. The van der Waals surface area contributed by atoms with Crippen LogP contribution in [0.4, 0.5) is 18.9 Å². The maximum atomic E-state index is 13.3. The molecule has 5 atom stereocenters. The predicted octanol–water partition coefficient (Wildman–Crippen LogP) is 2.04. The number of amides is 2. The summed E-state index contributed by atoms with van der Waals surface area (Å²) in [7, 11) is 1.48. The van der Waals surface area contributed by atoms with E-state index in [9.17, 15) is 22.8 Å². The Labute approximate surface area is 158 Å². The fraction of sp³-hybridized carbons (Fsp3) is 0.556. The Morgan fingerprint density at radius 2 is 1.96 bits per heavy atom. The van der Waals surface area contributed by atoms with E-state index in [2.05, 4.69) is 4.98 Å². The second kappa shape index (κ2) is 5.52. The Hall–Kier alpha value is -2.51.